The average molecular weight is 239 g/mol. The number of nitrogen functional groups attached to an aromatic ring is 1. The Labute approximate surface area is 101 Å². The first-order chi connectivity index (χ1) is 8.00. The number of amides is 1. The van der Waals surface area contributed by atoms with Crippen LogP contribution in [0.15, 0.2) is 18.2 Å². The number of anilines is 1. The third-order valence-corrected chi connectivity index (χ3v) is 2.31. The second-order valence-corrected chi connectivity index (χ2v) is 4.15. The van der Waals surface area contributed by atoms with E-state index in [9.17, 15) is 9.18 Å². The number of carbonyl (C=O) groups is 1. The highest BCUT2D eigenvalue weighted by atomic mass is 19.1. The molecule has 0 atom stereocenters. The molecule has 0 aliphatic heterocycles. The van der Waals surface area contributed by atoms with Crippen molar-refractivity contribution in [2.45, 2.75) is 6.42 Å². The minimum absolute atomic E-state index is 0.0315. The van der Waals surface area contributed by atoms with E-state index in [0.29, 0.717) is 12.2 Å². The zero-order valence-corrected chi connectivity index (χ0v) is 10.2. The van der Waals surface area contributed by atoms with Crippen LogP contribution in [0.1, 0.15) is 16.8 Å². The molecule has 0 fully saturated rings. The van der Waals surface area contributed by atoms with Crippen molar-refractivity contribution >= 4 is 11.6 Å². The summed E-state index contributed by atoms with van der Waals surface area (Å²) in [7, 11) is 3.92. The van der Waals surface area contributed by atoms with Gasteiger partial charge < -0.3 is 16.0 Å². The first kappa shape index (κ1) is 13.4. The van der Waals surface area contributed by atoms with Gasteiger partial charge in [-0.05, 0) is 45.3 Å². The van der Waals surface area contributed by atoms with Crippen LogP contribution in [-0.4, -0.2) is 38.0 Å². The molecule has 1 aromatic carbocycles. The van der Waals surface area contributed by atoms with Crippen LogP contribution in [0.4, 0.5) is 10.1 Å². The number of rotatable bonds is 5. The average Bonchev–Trinajstić information content (AvgIpc) is 2.23. The molecule has 1 rings (SSSR count). The number of nitrogens with two attached hydrogens (primary N) is 1. The Bertz CT molecular complexity index is 393. The van der Waals surface area contributed by atoms with Crippen molar-refractivity contribution in [1.29, 1.82) is 0 Å². The predicted molar refractivity (Wildman–Crippen MR) is 66.3 cm³/mol. The summed E-state index contributed by atoms with van der Waals surface area (Å²) >= 11 is 0. The number of nitrogens with one attached hydrogen (secondary N) is 1. The standard InChI is InChI=1S/C12H18FN3O/c1-16(2)7-3-6-15-12(17)10-5-4-9(14)8-11(10)13/h4-5,8H,3,6-7,14H2,1-2H3,(H,15,17). The minimum atomic E-state index is -0.588. The van der Waals surface area contributed by atoms with Gasteiger partial charge in [-0.25, -0.2) is 4.39 Å². The number of benzene rings is 1. The van der Waals surface area contributed by atoms with E-state index in [2.05, 4.69) is 5.32 Å². The lowest BCUT2D eigenvalue weighted by atomic mass is 10.2. The predicted octanol–water partition coefficient (Wildman–Crippen LogP) is 1.09. The third kappa shape index (κ3) is 4.40. The monoisotopic (exact) mass is 239 g/mol. The molecule has 17 heavy (non-hydrogen) atoms. The van der Waals surface area contributed by atoms with Gasteiger partial charge in [-0.2, -0.15) is 0 Å². The van der Waals surface area contributed by atoms with E-state index >= 15 is 0 Å². The van der Waals surface area contributed by atoms with Crippen LogP contribution in [0.5, 0.6) is 0 Å². The highest BCUT2D eigenvalue weighted by Crippen LogP contribution is 2.11. The Kier molecular flexibility index (Phi) is 4.90. The summed E-state index contributed by atoms with van der Waals surface area (Å²) in [6.07, 6.45) is 0.829. The normalized spacial score (nSPS) is 10.6. The summed E-state index contributed by atoms with van der Waals surface area (Å²) in [5.41, 5.74) is 5.75. The SMILES string of the molecule is CN(C)CCCNC(=O)c1ccc(N)cc1F. The molecule has 3 N–H and O–H groups in total. The maximum Gasteiger partial charge on any atom is 0.254 e. The van der Waals surface area contributed by atoms with Crippen molar-refractivity contribution < 1.29 is 9.18 Å². The van der Waals surface area contributed by atoms with Crippen LogP contribution >= 0.6 is 0 Å². The molecule has 1 aromatic rings. The lowest BCUT2D eigenvalue weighted by molar-refractivity contribution is 0.0948. The molecular formula is C12H18FN3O. The molecule has 0 saturated carbocycles. The molecule has 0 aromatic heterocycles. The zero-order chi connectivity index (χ0) is 12.8. The highest BCUT2D eigenvalue weighted by Gasteiger charge is 2.10. The Morgan fingerprint density at radius 3 is 2.76 bits per heavy atom. The molecule has 4 nitrogen and oxygen atoms in total. The fraction of sp³-hybridized carbons (Fsp3) is 0.417. The summed E-state index contributed by atoms with van der Waals surface area (Å²) < 4.78 is 13.4. The summed E-state index contributed by atoms with van der Waals surface area (Å²) in [4.78, 5) is 13.6. The van der Waals surface area contributed by atoms with Crippen LogP contribution in [0.3, 0.4) is 0 Å². The van der Waals surface area contributed by atoms with E-state index in [1.54, 1.807) is 0 Å². The van der Waals surface area contributed by atoms with Gasteiger partial charge in [0, 0.05) is 12.2 Å². The van der Waals surface area contributed by atoms with E-state index < -0.39 is 11.7 Å². The molecule has 0 unspecified atom stereocenters. The zero-order valence-electron chi connectivity index (χ0n) is 10.2. The molecule has 1 amide bonds. The molecule has 0 aliphatic carbocycles. The minimum Gasteiger partial charge on any atom is -0.399 e. The number of nitrogens with zero attached hydrogens (tertiary/aromatic N) is 1. The van der Waals surface area contributed by atoms with E-state index in [1.165, 1.54) is 12.1 Å². The van der Waals surface area contributed by atoms with Crippen molar-refractivity contribution in [3.8, 4) is 0 Å². The lowest BCUT2D eigenvalue weighted by Crippen LogP contribution is -2.27. The maximum atomic E-state index is 13.4. The molecule has 0 heterocycles. The van der Waals surface area contributed by atoms with Gasteiger partial charge in [0.25, 0.3) is 5.91 Å². The molecule has 0 radical (unpaired) electrons. The van der Waals surface area contributed by atoms with Crippen LogP contribution in [0, 0.1) is 5.82 Å². The molecule has 0 bridgehead atoms. The van der Waals surface area contributed by atoms with Crippen LogP contribution < -0.4 is 11.1 Å². The van der Waals surface area contributed by atoms with Crippen LogP contribution in [0.2, 0.25) is 0 Å². The van der Waals surface area contributed by atoms with Crippen LogP contribution in [0.25, 0.3) is 0 Å². The molecule has 0 saturated heterocycles. The summed E-state index contributed by atoms with van der Waals surface area (Å²) in [5, 5.41) is 2.67. The summed E-state index contributed by atoms with van der Waals surface area (Å²) in [5.74, 6) is -0.989. The Hall–Kier alpha value is -1.62. The first-order valence-corrected chi connectivity index (χ1v) is 5.48. The van der Waals surface area contributed by atoms with Crippen molar-refractivity contribution in [1.82, 2.24) is 10.2 Å². The number of hydrogen-bond acceptors (Lipinski definition) is 3. The van der Waals surface area contributed by atoms with Gasteiger partial charge in [-0.3, -0.25) is 4.79 Å². The van der Waals surface area contributed by atoms with Gasteiger partial charge in [0.2, 0.25) is 0 Å². The van der Waals surface area contributed by atoms with Gasteiger partial charge >= 0.3 is 0 Å². The Morgan fingerprint density at radius 1 is 1.47 bits per heavy atom. The molecule has 0 spiro atoms. The maximum absolute atomic E-state index is 13.4. The van der Waals surface area contributed by atoms with Gasteiger partial charge in [-0.1, -0.05) is 0 Å². The fourth-order valence-electron chi connectivity index (χ4n) is 1.41. The van der Waals surface area contributed by atoms with Crippen molar-refractivity contribution in [2.75, 3.05) is 32.9 Å². The fourth-order valence-corrected chi connectivity index (χ4v) is 1.41. The third-order valence-electron chi connectivity index (χ3n) is 2.31. The molecular weight excluding hydrogens is 221 g/mol. The number of carbonyl (C=O) groups excluding carboxylic acids is 1. The molecule has 0 aliphatic rings. The second-order valence-electron chi connectivity index (χ2n) is 4.15. The van der Waals surface area contributed by atoms with E-state index in [-0.39, 0.29) is 5.56 Å². The summed E-state index contributed by atoms with van der Waals surface area (Å²) in [6, 6.07) is 4.05. The summed E-state index contributed by atoms with van der Waals surface area (Å²) in [6.45, 7) is 1.41. The molecule has 94 valence electrons. The van der Waals surface area contributed by atoms with Crippen molar-refractivity contribution in [3.05, 3.63) is 29.6 Å². The Balaban J connectivity index is 2.47. The van der Waals surface area contributed by atoms with Crippen LogP contribution in [-0.2, 0) is 0 Å². The van der Waals surface area contributed by atoms with E-state index in [4.69, 9.17) is 5.73 Å². The second kappa shape index (κ2) is 6.20. The van der Waals surface area contributed by atoms with Crippen molar-refractivity contribution in [3.63, 3.8) is 0 Å². The smallest absolute Gasteiger partial charge is 0.254 e. The number of hydrogen-bond donors (Lipinski definition) is 2. The lowest BCUT2D eigenvalue weighted by Gasteiger charge is -2.10. The molecule has 5 heteroatoms. The van der Waals surface area contributed by atoms with E-state index in [1.807, 2.05) is 19.0 Å². The van der Waals surface area contributed by atoms with E-state index in [0.717, 1.165) is 19.0 Å². The quantitative estimate of drug-likeness (QED) is 0.597. The largest absolute Gasteiger partial charge is 0.399 e. The van der Waals surface area contributed by atoms with Gasteiger partial charge in [-0.15, -0.1) is 0 Å². The number of halogens is 1. The highest BCUT2D eigenvalue weighted by molar-refractivity contribution is 5.94. The van der Waals surface area contributed by atoms with Crippen molar-refractivity contribution in [2.24, 2.45) is 0 Å². The topological polar surface area (TPSA) is 58.4 Å². The van der Waals surface area contributed by atoms with Gasteiger partial charge in [0.1, 0.15) is 5.82 Å². The van der Waals surface area contributed by atoms with Gasteiger partial charge in [0.15, 0.2) is 0 Å². The Morgan fingerprint density at radius 2 is 2.18 bits per heavy atom. The first-order valence-electron chi connectivity index (χ1n) is 5.48. The van der Waals surface area contributed by atoms with Gasteiger partial charge in [0.05, 0.1) is 5.56 Å².